The largest absolute Gasteiger partial charge is 0.241 e. The van der Waals surface area contributed by atoms with Crippen molar-refractivity contribution in [2.75, 3.05) is 0 Å². The first-order valence-electron chi connectivity index (χ1n) is 7.41. The minimum atomic E-state index is -3.70. The van der Waals surface area contributed by atoms with Crippen LogP contribution in [-0.4, -0.2) is 8.42 Å². The molecule has 0 saturated carbocycles. The highest BCUT2D eigenvalue weighted by Gasteiger charge is 2.35. The highest BCUT2D eigenvalue weighted by molar-refractivity contribution is 7.89. The fourth-order valence-electron chi connectivity index (χ4n) is 3.20. The quantitative estimate of drug-likeness (QED) is 0.665. The molecule has 0 unspecified atom stereocenters. The Labute approximate surface area is 150 Å². The standard InChI is InChI=1S/C18H13Cl2NO2S/c19-12-7-9-13(10-8-12)24(22,23)21-18-15-6-2-4-11-3-1-5-14(16(11)15)17(18)20/h1-10,17-18,21H/t17-,18+/m0/s1. The summed E-state index contributed by atoms with van der Waals surface area (Å²) in [5.74, 6) is 0. The average molecular weight is 378 g/mol. The van der Waals surface area contributed by atoms with E-state index in [-0.39, 0.29) is 4.90 Å². The van der Waals surface area contributed by atoms with E-state index in [1.54, 1.807) is 12.1 Å². The lowest BCUT2D eigenvalue weighted by atomic mass is 10.1. The molecule has 3 nitrogen and oxygen atoms in total. The molecule has 0 saturated heterocycles. The van der Waals surface area contributed by atoms with E-state index < -0.39 is 21.4 Å². The van der Waals surface area contributed by atoms with Crippen LogP contribution in [0.1, 0.15) is 22.5 Å². The number of hydrogen-bond donors (Lipinski definition) is 1. The fourth-order valence-corrected chi connectivity index (χ4v) is 5.01. The maximum absolute atomic E-state index is 12.7. The number of hydrogen-bond acceptors (Lipinski definition) is 2. The summed E-state index contributed by atoms with van der Waals surface area (Å²) in [6.07, 6.45) is 0. The summed E-state index contributed by atoms with van der Waals surface area (Å²) < 4.78 is 28.1. The molecule has 1 aliphatic carbocycles. The second kappa shape index (κ2) is 5.74. The molecule has 0 fully saturated rings. The monoisotopic (exact) mass is 377 g/mol. The molecule has 0 heterocycles. The van der Waals surface area contributed by atoms with Crippen molar-refractivity contribution in [2.45, 2.75) is 16.3 Å². The van der Waals surface area contributed by atoms with Crippen molar-refractivity contribution < 1.29 is 8.42 Å². The van der Waals surface area contributed by atoms with E-state index in [1.807, 2.05) is 36.4 Å². The molecule has 3 aromatic rings. The van der Waals surface area contributed by atoms with Gasteiger partial charge in [-0.2, -0.15) is 0 Å². The number of nitrogens with one attached hydrogen (secondary N) is 1. The van der Waals surface area contributed by atoms with Crippen LogP contribution in [0.25, 0.3) is 10.8 Å². The van der Waals surface area contributed by atoms with E-state index >= 15 is 0 Å². The van der Waals surface area contributed by atoms with E-state index in [2.05, 4.69) is 4.72 Å². The molecule has 24 heavy (non-hydrogen) atoms. The predicted octanol–water partition coefficient (Wildman–Crippen LogP) is 4.81. The first-order chi connectivity index (χ1) is 11.5. The second-order valence-corrected chi connectivity index (χ2v) is 8.37. The zero-order valence-corrected chi connectivity index (χ0v) is 14.7. The zero-order valence-electron chi connectivity index (χ0n) is 12.4. The van der Waals surface area contributed by atoms with Crippen LogP contribution in [-0.2, 0) is 10.0 Å². The molecule has 1 N–H and O–H groups in total. The molecule has 122 valence electrons. The normalized spacial score (nSPS) is 19.8. The number of benzene rings is 3. The van der Waals surface area contributed by atoms with Gasteiger partial charge in [0.25, 0.3) is 0 Å². The van der Waals surface area contributed by atoms with Crippen molar-refractivity contribution in [1.29, 1.82) is 0 Å². The molecule has 0 spiro atoms. The molecule has 0 aliphatic heterocycles. The van der Waals surface area contributed by atoms with Crippen molar-refractivity contribution in [3.63, 3.8) is 0 Å². The van der Waals surface area contributed by atoms with E-state index in [4.69, 9.17) is 23.2 Å². The second-order valence-electron chi connectivity index (χ2n) is 5.75. The molecule has 2 atom stereocenters. The molecule has 0 aromatic heterocycles. The van der Waals surface area contributed by atoms with Gasteiger partial charge in [-0.25, -0.2) is 13.1 Å². The van der Waals surface area contributed by atoms with Crippen LogP contribution in [0.15, 0.2) is 65.6 Å². The van der Waals surface area contributed by atoms with Crippen molar-refractivity contribution in [2.24, 2.45) is 0 Å². The lowest BCUT2D eigenvalue weighted by Crippen LogP contribution is -2.29. The molecule has 0 amide bonds. The molecule has 6 heteroatoms. The minimum absolute atomic E-state index is 0.166. The summed E-state index contributed by atoms with van der Waals surface area (Å²) in [5, 5.41) is 2.13. The number of rotatable bonds is 3. The van der Waals surface area contributed by atoms with Crippen LogP contribution in [0.5, 0.6) is 0 Å². The Bertz CT molecular complexity index is 1030. The number of alkyl halides is 1. The van der Waals surface area contributed by atoms with Gasteiger partial charge in [-0.3, -0.25) is 0 Å². The van der Waals surface area contributed by atoms with Gasteiger partial charge in [0.15, 0.2) is 0 Å². The van der Waals surface area contributed by atoms with Crippen molar-refractivity contribution in [1.82, 2.24) is 4.72 Å². The van der Waals surface area contributed by atoms with E-state index in [1.165, 1.54) is 12.1 Å². The Balaban J connectivity index is 1.76. The Hall–Kier alpha value is -1.59. The van der Waals surface area contributed by atoms with Gasteiger partial charge in [-0.15, -0.1) is 11.6 Å². The number of halogens is 2. The van der Waals surface area contributed by atoms with Crippen LogP contribution in [0, 0.1) is 0 Å². The molecule has 1 aliphatic rings. The summed E-state index contributed by atoms with van der Waals surface area (Å²) in [5.41, 5.74) is 1.86. The van der Waals surface area contributed by atoms with Crippen LogP contribution in [0.3, 0.4) is 0 Å². The van der Waals surface area contributed by atoms with Gasteiger partial charge in [-0.1, -0.05) is 48.0 Å². The first kappa shape index (κ1) is 15.9. The molecule has 0 radical (unpaired) electrons. The van der Waals surface area contributed by atoms with Crippen LogP contribution in [0.4, 0.5) is 0 Å². The summed E-state index contributed by atoms with van der Waals surface area (Å²) in [7, 11) is -3.70. The van der Waals surface area contributed by atoms with Gasteiger partial charge in [0.2, 0.25) is 10.0 Å². The van der Waals surface area contributed by atoms with Gasteiger partial charge < -0.3 is 0 Å². The summed E-state index contributed by atoms with van der Waals surface area (Å²) in [6.45, 7) is 0. The fraction of sp³-hybridized carbons (Fsp3) is 0.111. The van der Waals surface area contributed by atoms with E-state index in [0.29, 0.717) is 5.02 Å². The van der Waals surface area contributed by atoms with Gasteiger partial charge >= 0.3 is 0 Å². The summed E-state index contributed by atoms with van der Waals surface area (Å²) in [6, 6.07) is 17.3. The van der Waals surface area contributed by atoms with Crippen LogP contribution in [0.2, 0.25) is 5.02 Å². The summed E-state index contributed by atoms with van der Waals surface area (Å²) in [4.78, 5) is 0.166. The molecular formula is C18H13Cl2NO2S. The molecular weight excluding hydrogens is 365 g/mol. The topological polar surface area (TPSA) is 46.2 Å². The third kappa shape index (κ3) is 2.50. The van der Waals surface area contributed by atoms with E-state index in [0.717, 1.165) is 21.9 Å². The van der Waals surface area contributed by atoms with Gasteiger partial charge in [0, 0.05) is 5.02 Å². The lowest BCUT2D eigenvalue weighted by Gasteiger charge is -2.18. The van der Waals surface area contributed by atoms with Crippen LogP contribution < -0.4 is 4.72 Å². The predicted molar refractivity (Wildman–Crippen MR) is 97.1 cm³/mol. The Morgan fingerprint density at radius 2 is 1.50 bits per heavy atom. The first-order valence-corrected chi connectivity index (χ1v) is 9.71. The SMILES string of the molecule is O=S(=O)(N[C@@H]1c2cccc3cccc(c23)[C@@H]1Cl)c1ccc(Cl)cc1. The van der Waals surface area contributed by atoms with Gasteiger partial charge in [0.05, 0.1) is 16.3 Å². The maximum Gasteiger partial charge on any atom is 0.241 e. The Morgan fingerprint density at radius 3 is 2.17 bits per heavy atom. The Kier molecular flexibility index (Phi) is 3.81. The number of sulfonamides is 1. The van der Waals surface area contributed by atoms with Crippen molar-refractivity contribution in [3.05, 3.63) is 76.8 Å². The molecule has 0 bridgehead atoms. The maximum atomic E-state index is 12.7. The highest BCUT2D eigenvalue weighted by Crippen LogP contribution is 2.47. The van der Waals surface area contributed by atoms with E-state index in [9.17, 15) is 8.42 Å². The summed E-state index contributed by atoms with van der Waals surface area (Å²) >= 11 is 12.4. The third-order valence-corrected chi connectivity index (χ3v) is 6.50. The van der Waals surface area contributed by atoms with Crippen molar-refractivity contribution >= 4 is 44.0 Å². The third-order valence-electron chi connectivity index (χ3n) is 4.30. The van der Waals surface area contributed by atoms with Crippen LogP contribution >= 0.6 is 23.2 Å². The van der Waals surface area contributed by atoms with Crippen molar-refractivity contribution in [3.8, 4) is 0 Å². The zero-order chi connectivity index (χ0) is 16.9. The average Bonchev–Trinajstić information content (AvgIpc) is 2.83. The smallest absolute Gasteiger partial charge is 0.207 e. The van der Waals surface area contributed by atoms with Gasteiger partial charge in [-0.05, 0) is 46.2 Å². The lowest BCUT2D eigenvalue weighted by molar-refractivity contribution is 0.556. The molecule has 3 aromatic carbocycles. The minimum Gasteiger partial charge on any atom is -0.207 e. The molecule has 4 rings (SSSR count). The van der Waals surface area contributed by atoms with Gasteiger partial charge in [0.1, 0.15) is 0 Å². The highest BCUT2D eigenvalue weighted by atomic mass is 35.5. The Morgan fingerprint density at radius 1 is 0.875 bits per heavy atom.